The smallest absolute Gasteiger partial charge is 0.404 e. The van der Waals surface area contributed by atoms with E-state index < -0.39 is 12.2 Å². The molecule has 79 heavy (non-hydrogen) atoms. The molecule has 16 nitrogen and oxygen atoms in total. The van der Waals surface area contributed by atoms with Crippen molar-refractivity contribution in [3.63, 3.8) is 0 Å². The van der Waals surface area contributed by atoms with Gasteiger partial charge in [0.05, 0.1) is 50.1 Å². The van der Waals surface area contributed by atoms with Crippen LogP contribution < -0.4 is 11.5 Å². The number of carbonyl (C=O) groups excluding carboxylic acids is 4. The number of carbonyl (C=O) groups is 4. The van der Waals surface area contributed by atoms with Gasteiger partial charge in [-0.1, -0.05) is 82.6 Å². The highest BCUT2D eigenvalue weighted by Gasteiger charge is 2.43. The number of methoxy groups -OCH3 is 2. The van der Waals surface area contributed by atoms with Crippen molar-refractivity contribution < 1.29 is 28.7 Å². The van der Waals surface area contributed by atoms with E-state index in [0.717, 1.165) is 72.7 Å². The third-order valence-corrected chi connectivity index (χ3v) is 15.7. The van der Waals surface area contributed by atoms with Crippen molar-refractivity contribution in [3.05, 3.63) is 155 Å². The van der Waals surface area contributed by atoms with Crippen molar-refractivity contribution in [3.8, 4) is 44.8 Å². The zero-order valence-electron chi connectivity index (χ0n) is 47.2. The van der Waals surface area contributed by atoms with Gasteiger partial charge >= 0.3 is 12.2 Å². The Morgan fingerprint density at radius 1 is 0.582 bits per heavy atom. The van der Waals surface area contributed by atoms with Crippen LogP contribution in [-0.2, 0) is 55.6 Å². The Bertz CT molecular complexity index is 3060. The van der Waals surface area contributed by atoms with Gasteiger partial charge in [-0.15, -0.1) is 0 Å². The normalized spacial score (nSPS) is 17.6. The summed E-state index contributed by atoms with van der Waals surface area (Å²) >= 11 is 0. The van der Waals surface area contributed by atoms with Crippen molar-refractivity contribution >= 4 is 24.8 Å². The molecule has 7 aromatic rings. The third-order valence-electron chi connectivity index (χ3n) is 15.7. The van der Waals surface area contributed by atoms with Gasteiger partial charge in [0.1, 0.15) is 24.2 Å². The summed E-state index contributed by atoms with van der Waals surface area (Å²) in [6, 6.07) is 26.9. The number of primary amides is 2. The number of rotatable bonds is 10. The molecule has 0 unspecified atom stereocenters. The van der Waals surface area contributed by atoms with Gasteiger partial charge in [-0.05, 0) is 180 Å². The number of likely N-dealkylation sites (tertiary alicyclic amines) is 2. The molecule has 0 spiro atoms. The van der Waals surface area contributed by atoms with E-state index >= 15 is 0 Å². The molecule has 4 aliphatic rings. The lowest BCUT2D eigenvalue weighted by Gasteiger charge is -2.31. The molecule has 2 aliphatic heterocycles. The molecule has 2 fully saturated rings. The number of nitrogens with two attached hydrogens (primary N) is 2. The molecular weight excluding hydrogens is 993 g/mol. The Balaban J connectivity index is 0.000000263. The van der Waals surface area contributed by atoms with Crippen LogP contribution in [0.1, 0.15) is 130 Å². The topological polar surface area (TPSA) is 228 Å². The number of amides is 2. The summed E-state index contributed by atoms with van der Waals surface area (Å²) in [7, 11) is 6.89. The lowest BCUT2D eigenvalue weighted by atomic mass is 9.73. The van der Waals surface area contributed by atoms with E-state index in [1.165, 1.54) is 92.5 Å². The lowest BCUT2D eigenvalue weighted by molar-refractivity contribution is -0.108. The molecule has 6 heterocycles. The maximum atomic E-state index is 9.95. The van der Waals surface area contributed by atoms with E-state index in [1.54, 1.807) is 47.0 Å². The Kier molecular flexibility index (Phi) is 20.2. The van der Waals surface area contributed by atoms with Crippen molar-refractivity contribution in [1.29, 1.82) is 0 Å². The number of aldehydes is 2. The fourth-order valence-electron chi connectivity index (χ4n) is 11.5. The van der Waals surface area contributed by atoms with Crippen LogP contribution in [0.3, 0.4) is 0 Å². The summed E-state index contributed by atoms with van der Waals surface area (Å²) in [6.07, 6.45) is 22.8. The Morgan fingerprint density at radius 2 is 0.937 bits per heavy atom. The summed E-state index contributed by atoms with van der Waals surface area (Å²) < 4.78 is 7.78. The number of hydrogen-bond donors (Lipinski definition) is 4. The Morgan fingerprint density at radius 3 is 1.28 bits per heavy atom. The summed E-state index contributed by atoms with van der Waals surface area (Å²) in [5, 5.41) is 0. The second-order valence-electron chi connectivity index (χ2n) is 21.9. The average Bonchev–Trinajstić information content (AvgIpc) is 4.46. The minimum Gasteiger partial charge on any atom is -0.453 e. The molecule has 416 valence electrons. The number of ether oxygens (including phenoxy) is 2. The van der Waals surface area contributed by atoms with E-state index in [9.17, 15) is 19.2 Å². The fourth-order valence-corrected chi connectivity index (χ4v) is 11.5. The first-order valence-corrected chi connectivity index (χ1v) is 27.3. The predicted molar refractivity (Wildman–Crippen MR) is 310 cm³/mol. The molecular formula is C63H78N10O6. The number of H-pyrrole nitrogens is 2. The van der Waals surface area contributed by atoms with Crippen LogP contribution in [-0.4, -0.2) is 106 Å². The quantitative estimate of drug-likeness (QED) is 0.0938. The number of benzene rings is 3. The Hall–Kier alpha value is -7.82. The number of hydrogen-bond acceptors (Lipinski definition) is 12. The zero-order chi connectivity index (χ0) is 56.7. The van der Waals surface area contributed by atoms with Crippen LogP contribution >= 0.6 is 0 Å². The van der Waals surface area contributed by atoms with Gasteiger partial charge < -0.3 is 40.5 Å². The van der Waals surface area contributed by atoms with Gasteiger partial charge in [0.15, 0.2) is 0 Å². The van der Waals surface area contributed by atoms with E-state index in [0.29, 0.717) is 24.9 Å². The van der Waals surface area contributed by atoms with Crippen LogP contribution in [0, 0.1) is 0 Å². The van der Waals surface area contributed by atoms with Crippen molar-refractivity contribution in [2.45, 2.75) is 121 Å². The SMILES string of the molecule is CN1CCCC[C@H]1c1ncc(-c2ccc(-c3c4c(c(-c5ccc(-c6cnc([C@@H]7CCCN7C)[nH]6)cc5)c5c3C(C)(C)CC5)C(C)(C)CC4)cc2)[nH]1.COC(N)=O.COC(N)=O.O=CCc1ccncc1.O=CCc1ccncc1. The van der Waals surface area contributed by atoms with Crippen molar-refractivity contribution in [1.82, 2.24) is 39.7 Å². The first-order valence-electron chi connectivity index (χ1n) is 27.3. The fraction of sp³-hybridized carbons (Fsp3) is 0.397. The Labute approximate surface area is 465 Å². The average molecular weight is 1070 g/mol. The van der Waals surface area contributed by atoms with Crippen LogP contribution in [0.25, 0.3) is 44.8 Å². The maximum Gasteiger partial charge on any atom is 0.404 e. The summed E-state index contributed by atoms with van der Waals surface area (Å²) in [4.78, 5) is 68.2. The molecule has 0 radical (unpaired) electrons. The van der Waals surface area contributed by atoms with E-state index in [-0.39, 0.29) is 10.8 Å². The molecule has 3 aromatic carbocycles. The molecule has 0 bridgehead atoms. The third kappa shape index (κ3) is 14.7. The second kappa shape index (κ2) is 27.2. The minimum atomic E-state index is -0.745. The number of fused-ring (bicyclic) bond motifs is 2. The van der Waals surface area contributed by atoms with Gasteiger partial charge in [-0.2, -0.15) is 0 Å². The summed E-state index contributed by atoms with van der Waals surface area (Å²) in [6.45, 7) is 12.2. The van der Waals surface area contributed by atoms with E-state index in [2.05, 4.69) is 141 Å². The van der Waals surface area contributed by atoms with Gasteiger partial charge in [-0.3, -0.25) is 19.8 Å². The maximum absolute atomic E-state index is 9.95. The summed E-state index contributed by atoms with van der Waals surface area (Å²) in [5.41, 5.74) is 27.8. The number of nitrogens with zero attached hydrogens (tertiary/aromatic N) is 6. The first kappa shape index (κ1) is 58.9. The summed E-state index contributed by atoms with van der Waals surface area (Å²) in [5.74, 6) is 2.20. The monoisotopic (exact) mass is 1070 g/mol. The molecule has 0 saturated carbocycles. The number of aromatic nitrogens is 6. The lowest BCUT2D eigenvalue weighted by Crippen LogP contribution is -2.30. The molecule has 16 heteroatoms. The minimum absolute atomic E-state index is 0.115. The molecule has 2 amide bonds. The van der Waals surface area contributed by atoms with Gasteiger partial charge in [0, 0.05) is 37.6 Å². The van der Waals surface area contributed by atoms with Gasteiger partial charge in [0.25, 0.3) is 0 Å². The van der Waals surface area contributed by atoms with Crippen LogP contribution in [0.15, 0.2) is 110 Å². The highest BCUT2D eigenvalue weighted by atomic mass is 16.5. The molecule has 2 saturated heterocycles. The molecule has 2 atom stereocenters. The van der Waals surface area contributed by atoms with Crippen molar-refractivity contribution in [2.75, 3.05) is 41.4 Å². The first-order chi connectivity index (χ1) is 38.0. The molecule has 2 aliphatic carbocycles. The molecule has 4 aromatic heterocycles. The van der Waals surface area contributed by atoms with Gasteiger partial charge in [-0.25, -0.2) is 19.6 Å². The van der Waals surface area contributed by atoms with Crippen LogP contribution in [0.5, 0.6) is 0 Å². The van der Waals surface area contributed by atoms with Crippen LogP contribution in [0.4, 0.5) is 9.59 Å². The predicted octanol–water partition coefficient (Wildman–Crippen LogP) is 11.2. The van der Waals surface area contributed by atoms with E-state index in [1.807, 2.05) is 36.7 Å². The number of nitrogens with one attached hydrogen (secondary N) is 2. The molecule has 6 N–H and O–H groups in total. The number of imidazole rings is 2. The second-order valence-corrected chi connectivity index (χ2v) is 21.9. The van der Waals surface area contributed by atoms with Crippen LogP contribution in [0.2, 0.25) is 0 Å². The number of aromatic amines is 2. The van der Waals surface area contributed by atoms with E-state index in [4.69, 9.17) is 9.97 Å². The highest BCUT2D eigenvalue weighted by Crippen LogP contribution is 2.56. The largest absolute Gasteiger partial charge is 0.453 e. The van der Waals surface area contributed by atoms with Crippen molar-refractivity contribution in [2.24, 2.45) is 11.5 Å². The highest BCUT2D eigenvalue weighted by molar-refractivity contribution is 5.88. The standard InChI is InChI=1S/C45H54N6.2C7H7NO.2C2H5NO2/c1-44(2)23-21-33-39(31-18-14-29(15-19-31)35-27-47-43(49-35)37-11-9-25-51(37)6)41-32(20-22-45(41,3)4)38(40(33)44)30-16-12-28(13-17-30)34-26-46-42(48-34)36-10-7-8-24-50(36)5;2*9-6-3-7-1-4-8-5-2-7;2*1-5-2(3)4/h12-19,26-27,36-37H,7-11,20-25H2,1-6H3,(H,46,48)(H,47,49);2*1-2,4-6H,3H2;2*1H3,(H2,3,4)/t36-,37-;;;;/m0..../s1. The number of pyridine rings is 2. The molecule has 11 rings (SSSR count). The van der Waals surface area contributed by atoms with Gasteiger partial charge in [0.2, 0.25) is 0 Å². The zero-order valence-corrected chi connectivity index (χ0v) is 47.2. The number of piperidine rings is 1.